The monoisotopic (exact) mass is 715 g/mol. The van der Waals surface area contributed by atoms with Crippen LogP contribution in [-0.2, 0) is 43.7 Å². The van der Waals surface area contributed by atoms with Crippen molar-refractivity contribution in [2.45, 2.75) is 39.5 Å². The zero-order valence-electron chi connectivity index (χ0n) is 26.5. The predicted molar refractivity (Wildman–Crippen MR) is 156 cm³/mol. The number of aromatic hydroxyl groups is 4. The quantitative estimate of drug-likeness (QED) is 0.0752. The van der Waals surface area contributed by atoms with Crippen LogP contribution in [0.5, 0.6) is 23.3 Å². The Morgan fingerprint density at radius 2 is 1.02 bits per heavy atom. The third-order valence-corrected chi connectivity index (χ3v) is 5.95. The SMILES string of the molecule is CCCc1nn(C)c(O)c1N=Nc1cc([N+](=O)[O-])ccc1O.CCCc1nn(C)c(O)c1N=Nc1cc([N+](=O)[O-])ccc1O.[Co].[Na+].[Na+]. The van der Waals surface area contributed by atoms with Crippen molar-refractivity contribution in [3.63, 3.8) is 0 Å². The van der Waals surface area contributed by atoms with Gasteiger partial charge in [0.2, 0.25) is 11.8 Å². The van der Waals surface area contributed by atoms with Crippen LogP contribution in [0.25, 0.3) is 0 Å². The van der Waals surface area contributed by atoms with Crippen LogP contribution >= 0.6 is 0 Å². The molecule has 0 aliphatic rings. The van der Waals surface area contributed by atoms with Gasteiger partial charge >= 0.3 is 59.1 Å². The average Bonchev–Trinajstić information content (AvgIpc) is 3.40. The maximum Gasteiger partial charge on any atom is 1.00 e. The fraction of sp³-hybridized carbons (Fsp3) is 0.308. The molecule has 47 heavy (non-hydrogen) atoms. The van der Waals surface area contributed by atoms with E-state index in [0.717, 1.165) is 25.0 Å². The summed E-state index contributed by atoms with van der Waals surface area (Å²) in [4.78, 5) is 20.3. The smallest absolute Gasteiger partial charge is 0.506 e. The topological polar surface area (TPSA) is 252 Å². The van der Waals surface area contributed by atoms with E-state index in [1.54, 1.807) is 14.1 Å². The number of rotatable bonds is 10. The van der Waals surface area contributed by atoms with Crippen molar-refractivity contribution >= 4 is 34.1 Å². The Kier molecular flexibility index (Phi) is 18.6. The largest absolute Gasteiger partial charge is 1.00 e. The summed E-state index contributed by atoms with van der Waals surface area (Å²) in [5, 5.41) is 84.3. The minimum absolute atomic E-state index is 0. The van der Waals surface area contributed by atoms with Gasteiger partial charge in [0, 0.05) is 55.1 Å². The number of non-ortho nitro benzene ring substituents is 2. The summed E-state index contributed by atoms with van der Waals surface area (Å²) in [7, 11) is 3.14. The van der Waals surface area contributed by atoms with Crippen LogP contribution < -0.4 is 59.1 Å². The van der Waals surface area contributed by atoms with Crippen molar-refractivity contribution in [2.75, 3.05) is 0 Å². The first-order chi connectivity index (χ1) is 20.9. The Balaban J connectivity index is 0.000000846. The maximum atomic E-state index is 10.7. The van der Waals surface area contributed by atoms with Crippen molar-refractivity contribution in [3.8, 4) is 23.3 Å². The summed E-state index contributed by atoms with van der Waals surface area (Å²) >= 11 is 0. The number of phenols is 2. The molecule has 0 saturated heterocycles. The number of azo groups is 2. The summed E-state index contributed by atoms with van der Waals surface area (Å²) in [6.07, 6.45) is 2.81. The molecule has 0 bridgehead atoms. The first kappa shape index (κ1) is 43.6. The number of hydrogen-bond acceptors (Lipinski definition) is 14. The van der Waals surface area contributed by atoms with Crippen LogP contribution in [0.3, 0.4) is 0 Å². The van der Waals surface area contributed by atoms with Gasteiger partial charge in [-0.15, -0.1) is 20.5 Å². The number of nitro benzene ring substituents is 2. The van der Waals surface area contributed by atoms with E-state index in [4.69, 9.17) is 0 Å². The molecule has 0 atom stereocenters. The van der Waals surface area contributed by atoms with Crippen LogP contribution in [0.15, 0.2) is 56.9 Å². The van der Waals surface area contributed by atoms with Crippen LogP contribution in [0.2, 0.25) is 0 Å². The summed E-state index contributed by atoms with van der Waals surface area (Å²) in [6, 6.07) is 6.87. The van der Waals surface area contributed by atoms with Gasteiger partial charge in [0.05, 0.1) is 21.2 Å². The van der Waals surface area contributed by atoms with E-state index in [1.807, 2.05) is 13.8 Å². The van der Waals surface area contributed by atoms with Gasteiger partial charge in [-0.25, -0.2) is 9.36 Å². The zero-order valence-corrected chi connectivity index (χ0v) is 31.6. The van der Waals surface area contributed by atoms with Crippen molar-refractivity contribution in [1.82, 2.24) is 19.6 Å². The summed E-state index contributed by atoms with van der Waals surface area (Å²) in [6.45, 7) is 3.91. The van der Waals surface area contributed by atoms with E-state index < -0.39 is 9.85 Å². The Labute approximate surface area is 322 Å². The number of phenolic OH excluding ortho intramolecular Hbond substituents is 2. The predicted octanol–water partition coefficient (Wildman–Crippen LogP) is 0.220. The van der Waals surface area contributed by atoms with E-state index in [9.17, 15) is 40.7 Å². The van der Waals surface area contributed by atoms with Crippen LogP contribution in [-0.4, -0.2) is 49.8 Å². The number of benzene rings is 2. The fourth-order valence-corrected chi connectivity index (χ4v) is 3.75. The molecule has 1 radical (unpaired) electrons. The van der Waals surface area contributed by atoms with E-state index in [1.165, 1.54) is 33.6 Å². The van der Waals surface area contributed by atoms with Gasteiger partial charge in [-0.3, -0.25) is 20.2 Å². The Morgan fingerprint density at radius 3 is 1.32 bits per heavy atom. The van der Waals surface area contributed by atoms with Crippen molar-refractivity contribution in [2.24, 2.45) is 34.6 Å². The number of hydrogen-bond donors (Lipinski definition) is 4. The summed E-state index contributed by atoms with van der Waals surface area (Å²) in [5.74, 6) is -0.793. The van der Waals surface area contributed by atoms with Crippen LogP contribution in [0, 0.1) is 20.2 Å². The summed E-state index contributed by atoms with van der Waals surface area (Å²) in [5.41, 5.74) is 0.976. The van der Waals surface area contributed by atoms with E-state index in [2.05, 4.69) is 30.7 Å². The molecule has 0 spiro atoms. The van der Waals surface area contributed by atoms with Crippen LogP contribution in [0.1, 0.15) is 38.1 Å². The molecule has 18 nitrogen and oxygen atoms in total. The van der Waals surface area contributed by atoms with Gasteiger partial charge < -0.3 is 20.4 Å². The average molecular weight is 716 g/mol. The van der Waals surface area contributed by atoms with Crippen molar-refractivity contribution in [3.05, 3.63) is 68.0 Å². The van der Waals surface area contributed by atoms with Crippen LogP contribution in [0.4, 0.5) is 34.1 Å². The van der Waals surface area contributed by atoms with E-state index >= 15 is 0 Å². The van der Waals surface area contributed by atoms with Crippen molar-refractivity contribution in [1.29, 1.82) is 0 Å². The normalized spacial score (nSPS) is 10.5. The Bertz CT molecular complexity index is 1620. The molecule has 4 rings (SSSR count). The Hall–Kier alpha value is -3.43. The number of aromatic nitrogens is 4. The third-order valence-electron chi connectivity index (χ3n) is 5.95. The molecule has 21 heteroatoms. The molecule has 0 amide bonds. The number of aryl methyl sites for hydroxylation is 4. The van der Waals surface area contributed by atoms with Gasteiger partial charge in [-0.1, -0.05) is 26.7 Å². The standard InChI is InChI=1S/2C13H15N5O4.Co.2Na/c2*1-3-4-9-12(13(20)17(2)16-9)15-14-10-7-8(18(21)22)5-6-11(10)19;;;/h2*5-7,19-20H,3-4H2,1-2H3;;;/q;;;2*+1. The third kappa shape index (κ3) is 11.3. The molecule has 2 aromatic carbocycles. The molecule has 0 aliphatic heterocycles. The first-order valence-corrected chi connectivity index (χ1v) is 13.2. The zero-order chi connectivity index (χ0) is 32.6. The molecule has 4 N–H and O–H groups in total. The van der Waals surface area contributed by atoms with E-state index in [-0.39, 0.29) is 133 Å². The van der Waals surface area contributed by atoms with Gasteiger partial charge in [0.15, 0.2) is 11.4 Å². The minimum atomic E-state index is -0.595. The second-order valence-electron chi connectivity index (χ2n) is 9.25. The van der Waals surface area contributed by atoms with Gasteiger partial charge in [-0.05, 0) is 25.0 Å². The molecule has 0 unspecified atom stereocenters. The minimum Gasteiger partial charge on any atom is -0.506 e. The second-order valence-corrected chi connectivity index (χ2v) is 9.25. The second kappa shape index (κ2) is 20.0. The molecule has 2 heterocycles. The first-order valence-electron chi connectivity index (χ1n) is 13.2. The molecular formula is C26H30CoN10Na2O8+2. The molecule has 241 valence electrons. The molecular weight excluding hydrogens is 685 g/mol. The van der Waals surface area contributed by atoms with E-state index in [0.29, 0.717) is 24.2 Å². The number of nitrogens with zero attached hydrogens (tertiary/aromatic N) is 10. The van der Waals surface area contributed by atoms with Gasteiger partial charge in [0.1, 0.15) is 22.9 Å². The summed E-state index contributed by atoms with van der Waals surface area (Å²) < 4.78 is 2.54. The van der Waals surface area contributed by atoms with Gasteiger partial charge in [-0.2, -0.15) is 10.2 Å². The number of nitro groups is 2. The Morgan fingerprint density at radius 1 is 0.681 bits per heavy atom. The molecule has 0 saturated carbocycles. The molecule has 0 fully saturated rings. The van der Waals surface area contributed by atoms with Crippen molar-refractivity contribution < 1.29 is 106 Å². The van der Waals surface area contributed by atoms with Gasteiger partial charge in [0.25, 0.3) is 11.4 Å². The molecule has 0 aliphatic carbocycles. The maximum absolute atomic E-state index is 10.7. The molecule has 4 aromatic rings. The molecule has 2 aromatic heterocycles. The fourth-order valence-electron chi connectivity index (χ4n) is 3.75.